The Balaban J connectivity index is 1.24. The molecule has 2 aliphatic heterocycles. The zero-order chi connectivity index (χ0) is 31.6. The maximum atomic E-state index is 15.9. The highest BCUT2D eigenvalue weighted by Crippen LogP contribution is 2.52. The lowest BCUT2D eigenvalue weighted by molar-refractivity contribution is -0.00703. The smallest absolute Gasteiger partial charge is 0.407 e. The number of carbonyl (C=O) groups is 1. The van der Waals surface area contributed by atoms with Gasteiger partial charge in [0.15, 0.2) is 5.67 Å². The SMILES string of the molecule is CNC(=O)O[C@H]1CCC[C@@H]1[C@](Cn1ccnc1C)(c1cccc(F)c1)C1CCN(CC2(F)CN(c3ccc(C#N)cc3)C2)CC1. The summed E-state index contributed by atoms with van der Waals surface area (Å²) >= 11 is 0. The quantitative estimate of drug-likeness (QED) is 0.337. The molecule has 1 aliphatic carbocycles. The highest BCUT2D eigenvalue weighted by Gasteiger charge is 2.54. The van der Waals surface area contributed by atoms with Crippen molar-refractivity contribution in [3.8, 4) is 6.07 Å². The number of aryl methyl sites for hydroxylation is 1. The molecule has 10 heteroatoms. The summed E-state index contributed by atoms with van der Waals surface area (Å²) in [6.45, 7) is 5.07. The van der Waals surface area contributed by atoms with Crippen molar-refractivity contribution < 1.29 is 18.3 Å². The molecule has 6 rings (SSSR count). The Kier molecular flexibility index (Phi) is 8.82. The molecule has 238 valence electrons. The maximum Gasteiger partial charge on any atom is 0.407 e. The first-order valence-electron chi connectivity index (χ1n) is 16.0. The zero-order valence-corrected chi connectivity index (χ0v) is 26.1. The molecule has 3 fully saturated rings. The molecule has 3 aliphatic rings. The van der Waals surface area contributed by atoms with E-state index >= 15 is 4.39 Å². The number of likely N-dealkylation sites (tertiary alicyclic amines) is 1. The van der Waals surface area contributed by atoms with Gasteiger partial charge < -0.3 is 19.5 Å². The van der Waals surface area contributed by atoms with Gasteiger partial charge in [-0.2, -0.15) is 5.26 Å². The molecule has 0 unspecified atom stereocenters. The molecule has 1 N–H and O–H groups in total. The Morgan fingerprint density at radius 3 is 2.56 bits per heavy atom. The number of benzene rings is 2. The molecule has 0 spiro atoms. The highest BCUT2D eigenvalue weighted by molar-refractivity contribution is 5.67. The molecule has 3 atom stereocenters. The van der Waals surface area contributed by atoms with Gasteiger partial charge in [-0.15, -0.1) is 0 Å². The second kappa shape index (κ2) is 12.8. The van der Waals surface area contributed by atoms with Crippen LogP contribution in [0, 0.1) is 35.9 Å². The number of aromatic nitrogens is 2. The number of rotatable bonds is 9. The number of imidazole rings is 1. The van der Waals surface area contributed by atoms with E-state index in [0.717, 1.165) is 62.3 Å². The van der Waals surface area contributed by atoms with Crippen LogP contribution >= 0.6 is 0 Å². The summed E-state index contributed by atoms with van der Waals surface area (Å²) in [5.74, 6) is 0.735. The van der Waals surface area contributed by atoms with E-state index in [2.05, 4.69) is 25.8 Å². The van der Waals surface area contributed by atoms with Crippen LogP contribution in [0.25, 0.3) is 0 Å². The fourth-order valence-corrected chi connectivity index (χ4v) is 8.25. The first-order valence-corrected chi connectivity index (χ1v) is 16.0. The van der Waals surface area contributed by atoms with Crippen molar-refractivity contribution in [1.82, 2.24) is 19.8 Å². The van der Waals surface area contributed by atoms with Gasteiger partial charge in [-0.1, -0.05) is 12.1 Å². The van der Waals surface area contributed by atoms with Gasteiger partial charge in [-0.05, 0) is 100.0 Å². The average molecular weight is 617 g/mol. The van der Waals surface area contributed by atoms with E-state index < -0.39 is 17.2 Å². The number of piperidine rings is 1. The summed E-state index contributed by atoms with van der Waals surface area (Å²) < 4.78 is 39.0. The van der Waals surface area contributed by atoms with E-state index in [1.165, 1.54) is 6.07 Å². The molecule has 2 aromatic carbocycles. The van der Waals surface area contributed by atoms with Crippen LogP contribution in [0.4, 0.5) is 19.3 Å². The van der Waals surface area contributed by atoms with Gasteiger partial charge in [0.2, 0.25) is 0 Å². The predicted octanol–water partition coefficient (Wildman–Crippen LogP) is 5.61. The Hall–Kier alpha value is -3.97. The second-order valence-electron chi connectivity index (χ2n) is 13.1. The average Bonchev–Trinajstić information content (AvgIpc) is 3.67. The molecular weight excluding hydrogens is 574 g/mol. The van der Waals surface area contributed by atoms with E-state index in [0.29, 0.717) is 31.7 Å². The van der Waals surface area contributed by atoms with Crippen molar-refractivity contribution in [1.29, 1.82) is 5.26 Å². The molecule has 3 heterocycles. The van der Waals surface area contributed by atoms with E-state index in [9.17, 15) is 9.18 Å². The first kappa shape index (κ1) is 31.0. The van der Waals surface area contributed by atoms with Gasteiger partial charge in [-0.25, -0.2) is 18.6 Å². The number of ether oxygens (including phenoxy) is 1. The monoisotopic (exact) mass is 616 g/mol. The van der Waals surface area contributed by atoms with Crippen LogP contribution < -0.4 is 10.2 Å². The molecule has 0 radical (unpaired) electrons. The van der Waals surface area contributed by atoms with E-state index in [1.807, 2.05) is 36.2 Å². The predicted molar refractivity (Wildman–Crippen MR) is 168 cm³/mol. The molecule has 0 bridgehead atoms. The number of hydrogen-bond acceptors (Lipinski definition) is 6. The Morgan fingerprint density at radius 1 is 1.16 bits per heavy atom. The van der Waals surface area contributed by atoms with Gasteiger partial charge in [0, 0.05) is 49.6 Å². The lowest BCUT2D eigenvalue weighted by atomic mass is 9.58. The molecule has 3 aromatic rings. The van der Waals surface area contributed by atoms with Gasteiger partial charge >= 0.3 is 6.09 Å². The molecular formula is C35H42F2N6O2. The molecule has 1 amide bonds. The summed E-state index contributed by atoms with van der Waals surface area (Å²) in [5.41, 5.74) is 0.624. The largest absolute Gasteiger partial charge is 0.446 e. The number of alkyl halides is 1. The van der Waals surface area contributed by atoms with Crippen molar-refractivity contribution >= 4 is 11.8 Å². The van der Waals surface area contributed by atoms with Crippen molar-refractivity contribution in [3.05, 3.63) is 83.7 Å². The van der Waals surface area contributed by atoms with Gasteiger partial charge in [0.05, 0.1) is 24.7 Å². The molecule has 2 saturated heterocycles. The minimum atomic E-state index is -1.30. The number of anilines is 1. The van der Waals surface area contributed by atoms with E-state index in [4.69, 9.17) is 10.00 Å². The Morgan fingerprint density at radius 2 is 1.91 bits per heavy atom. The van der Waals surface area contributed by atoms with E-state index in [-0.39, 0.29) is 23.8 Å². The summed E-state index contributed by atoms with van der Waals surface area (Å²) in [6.07, 6.45) is 7.22. The van der Waals surface area contributed by atoms with Crippen LogP contribution in [0.2, 0.25) is 0 Å². The van der Waals surface area contributed by atoms with Crippen molar-refractivity contribution in [2.45, 2.75) is 62.8 Å². The lowest BCUT2D eigenvalue weighted by Crippen LogP contribution is -2.64. The number of hydrogen-bond donors (Lipinski definition) is 1. The summed E-state index contributed by atoms with van der Waals surface area (Å²) in [7, 11) is 1.57. The summed E-state index contributed by atoms with van der Waals surface area (Å²) in [4.78, 5) is 21.2. The van der Waals surface area contributed by atoms with Crippen molar-refractivity contribution in [3.63, 3.8) is 0 Å². The molecule has 8 nitrogen and oxygen atoms in total. The molecule has 1 saturated carbocycles. The van der Waals surface area contributed by atoms with Gasteiger partial charge in [0.25, 0.3) is 0 Å². The number of alkyl carbamates (subject to hydrolysis) is 1. The Labute approximate surface area is 264 Å². The van der Waals surface area contributed by atoms with Crippen LogP contribution in [0.5, 0.6) is 0 Å². The Bertz CT molecular complexity index is 1520. The number of nitrogens with one attached hydrogen (secondary N) is 1. The molecule has 45 heavy (non-hydrogen) atoms. The minimum Gasteiger partial charge on any atom is -0.446 e. The maximum absolute atomic E-state index is 15.9. The number of nitriles is 1. The second-order valence-corrected chi connectivity index (χ2v) is 13.1. The standard InChI is InChI=1S/C35H42F2N6O2/c1-25-40-15-18-42(25)24-35(28-5-3-6-29(36)19-28,31-7-4-8-32(31)45-33(44)39-2)27-13-16-41(17-14-27)21-34(37)22-43(23-34)30-11-9-26(20-38)10-12-30/h3,5-6,9-12,15,18-19,27,31-32H,4,7-8,13-14,16-17,21-24H2,1-2H3,(H,39,44)/t31-,32-,35-/m0/s1. The van der Waals surface area contributed by atoms with Crippen LogP contribution in [0.3, 0.4) is 0 Å². The number of halogens is 2. The summed E-state index contributed by atoms with van der Waals surface area (Å²) in [5, 5.41) is 11.7. The van der Waals surface area contributed by atoms with Gasteiger partial charge in [-0.3, -0.25) is 4.90 Å². The number of amides is 1. The number of nitrogens with zero attached hydrogens (tertiary/aromatic N) is 5. The number of carbonyl (C=O) groups excluding carboxylic acids is 1. The fourth-order valence-electron chi connectivity index (χ4n) is 8.25. The topological polar surface area (TPSA) is 86.4 Å². The zero-order valence-electron chi connectivity index (χ0n) is 26.1. The van der Waals surface area contributed by atoms with Crippen LogP contribution in [-0.4, -0.2) is 72.1 Å². The van der Waals surface area contributed by atoms with Crippen molar-refractivity contribution in [2.75, 3.05) is 44.7 Å². The van der Waals surface area contributed by atoms with Gasteiger partial charge in [0.1, 0.15) is 17.7 Å². The van der Waals surface area contributed by atoms with Crippen LogP contribution in [-0.2, 0) is 16.7 Å². The third kappa shape index (κ3) is 6.28. The lowest BCUT2D eigenvalue weighted by Gasteiger charge is -2.52. The third-order valence-corrected chi connectivity index (χ3v) is 10.4. The normalized spacial score (nSPS) is 23.1. The highest BCUT2D eigenvalue weighted by atomic mass is 19.1. The van der Waals surface area contributed by atoms with Crippen LogP contribution in [0.1, 0.15) is 49.1 Å². The fraction of sp³-hybridized carbons (Fsp3) is 0.514. The molecule has 1 aromatic heterocycles. The van der Waals surface area contributed by atoms with Crippen molar-refractivity contribution in [2.24, 2.45) is 11.8 Å². The van der Waals surface area contributed by atoms with E-state index in [1.54, 1.807) is 37.5 Å². The minimum absolute atomic E-state index is 0.0184. The summed E-state index contributed by atoms with van der Waals surface area (Å²) in [6, 6.07) is 16.4. The third-order valence-electron chi connectivity index (χ3n) is 10.4. The first-order chi connectivity index (χ1) is 21.7. The van der Waals surface area contributed by atoms with Crippen LogP contribution in [0.15, 0.2) is 60.9 Å².